The molecule has 0 amide bonds. The van der Waals surface area contributed by atoms with E-state index in [9.17, 15) is 12.8 Å². The smallest absolute Gasteiger partial charge is 0.242 e. The number of hydrogen-bond acceptors (Lipinski definition) is 4. The molecule has 1 aromatic rings. The molecule has 1 aliphatic rings. The maximum Gasteiger partial charge on any atom is 0.242 e. The second-order valence-electron chi connectivity index (χ2n) is 4.85. The summed E-state index contributed by atoms with van der Waals surface area (Å²) >= 11 is 8.66. The van der Waals surface area contributed by atoms with Crippen LogP contribution in [0.1, 0.15) is 13.3 Å². The van der Waals surface area contributed by atoms with Gasteiger partial charge in [-0.1, -0.05) is 11.6 Å². The molecule has 1 N–H and O–H groups in total. The van der Waals surface area contributed by atoms with Crippen molar-refractivity contribution in [2.24, 2.45) is 0 Å². The Morgan fingerprint density at radius 2 is 2.24 bits per heavy atom. The molecule has 9 heteroatoms. The lowest BCUT2D eigenvalue weighted by Gasteiger charge is -2.14. The second-order valence-corrected chi connectivity index (χ2v) is 7.80. The van der Waals surface area contributed by atoms with Gasteiger partial charge in [0.25, 0.3) is 0 Å². The number of hydrogen-bond donors (Lipinski definition) is 1. The van der Waals surface area contributed by atoms with Crippen LogP contribution < -0.4 is 4.72 Å². The van der Waals surface area contributed by atoms with Gasteiger partial charge in [-0.2, -0.15) is 5.26 Å². The molecule has 2 rings (SSSR count). The van der Waals surface area contributed by atoms with E-state index in [1.165, 1.54) is 4.90 Å². The molecule has 0 radical (unpaired) electrons. The molecule has 0 aliphatic carbocycles. The molecule has 1 saturated heterocycles. The minimum Gasteiger partial charge on any atom is -0.306 e. The quantitative estimate of drug-likeness (QED) is 0.629. The van der Waals surface area contributed by atoms with Gasteiger partial charge >= 0.3 is 0 Å². The first-order valence-corrected chi connectivity index (χ1v) is 8.73. The van der Waals surface area contributed by atoms with Crippen molar-refractivity contribution in [1.82, 2.24) is 9.62 Å². The van der Waals surface area contributed by atoms with Gasteiger partial charge in [0.1, 0.15) is 5.82 Å². The van der Waals surface area contributed by atoms with Crippen molar-refractivity contribution in [3.63, 3.8) is 0 Å². The summed E-state index contributed by atoms with van der Waals surface area (Å²) in [7, 11) is -3.85. The van der Waals surface area contributed by atoms with Gasteiger partial charge in [0.2, 0.25) is 10.0 Å². The van der Waals surface area contributed by atoms with Crippen molar-refractivity contribution in [3.8, 4) is 6.19 Å². The van der Waals surface area contributed by atoms with E-state index in [0.29, 0.717) is 13.0 Å². The lowest BCUT2D eigenvalue weighted by Crippen LogP contribution is -2.36. The maximum atomic E-state index is 13.3. The van der Waals surface area contributed by atoms with Crippen molar-refractivity contribution in [2.45, 2.75) is 30.3 Å². The summed E-state index contributed by atoms with van der Waals surface area (Å²) in [6.45, 7) is 2.16. The highest BCUT2D eigenvalue weighted by Crippen LogP contribution is 2.29. The van der Waals surface area contributed by atoms with Crippen LogP contribution >= 0.6 is 27.5 Å². The molecule has 2 atom stereocenters. The summed E-state index contributed by atoms with van der Waals surface area (Å²) in [4.78, 5) is 1.39. The number of rotatable bonds is 3. The first-order chi connectivity index (χ1) is 9.74. The van der Waals surface area contributed by atoms with Gasteiger partial charge in [-0.3, -0.25) is 0 Å². The molecule has 0 aromatic heterocycles. The van der Waals surface area contributed by atoms with Gasteiger partial charge in [-0.25, -0.2) is 17.5 Å². The zero-order valence-corrected chi connectivity index (χ0v) is 14.1. The fraction of sp³-hybridized carbons (Fsp3) is 0.417. The number of nitrogens with zero attached hydrogens (tertiary/aromatic N) is 2. The third kappa shape index (κ3) is 3.48. The van der Waals surface area contributed by atoms with Crippen LogP contribution in [0.2, 0.25) is 5.02 Å². The fourth-order valence-corrected chi connectivity index (χ4v) is 4.76. The lowest BCUT2D eigenvalue weighted by atomic mass is 10.2. The molecule has 5 nitrogen and oxygen atoms in total. The van der Waals surface area contributed by atoms with Crippen LogP contribution in [0.4, 0.5) is 4.39 Å². The number of nitriles is 1. The highest BCUT2D eigenvalue weighted by molar-refractivity contribution is 9.10. The first kappa shape index (κ1) is 16.5. The minimum atomic E-state index is -3.85. The number of benzene rings is 1. The SMILES string of the molecule is CC1CC(NS(=O)(=O)c2cc(Cl)c(F)cc2Br)CN1C#N. The second kappa shape index (κ2) is 6.08. The van der Waals surface area contributed by atoms with Crippen LogP contribution in [0, 0.1) is 17.3 Å². The highest BCUT2D eigenvalue weighted by Gasteiger charge is 2.32. The van der Waals surface area contributed by atoms with Gasteiger partial charge in [0.15, 0.2) is 6.19 Å². The molecular weight excluding hydrogens is 385 g/mol. The van der Waals surface area contributed by atoms with Gasteiger partial charge < -0.3 is 4.90 Å². The Hall–Kier alpha value is -0.880. The molecular formula is C12H12BrClFN3O2S. The van der Waals surface area contributed by atoms with Crippen LogP contribution in [0.5, 0.6) is 0 Å². The minimum absolute atomic E-state index is 0.0250. The Kier molecular flexibility index (Phi) is 4.78. The molecule has 21 heavy (non-hydrogen) atoms. The molecule has 1 aromatic carbocycles. The van der Waals surface area contributed by atoms with Crippen LogP contribution in [0.3, 0.4) is 0 Å². The van der Waals surface area contributed by atoms with Crippen LogP contribution in [0.25, 0.3) is 0 Å². The van der Waals surface area contributed by atoms with E-state index < -0.39 is 15.8 Å². The van der Waals surface area contributed by atoms with Crippen molar-refractivity contribution < 1.29 is 12.8 Å². The van der Waals surface area contributed by atoms with E-state index in [1.54, 1.807) is 0 Å². The average Bonchev–Trinajstić information content (AvgIpc) is 2.72. The predicted octanol–water partition coefficient (Wildman–Crippen LogP) is 2.46. The normalized spacial score (nSPS) is 22.3. The maximum absolute atomic E-state index is 13.3. The first-order valence-electron chi connectivity index (χ1n) is 6.08. The van der Waals surface area contributed by atoms with Crippen molar-refractivity contribution >= 4 is 37.6 Å². The summed E-state index contributed by atoms with van der Waals surface area (Å²) in [6.07, 6.45) is 2.54. The summed E-state index contributed by atoms with van der Waals surface area (Å²) < 4.78 is 40.6. The van der Waals surface area contributed by atoms with Gasteiger partial charge in [0, 0.05) is 23.1 Å². The Bertz CT molecular complexity index is 707. The standard InChI is InChI=1S/C12H12BrClFN3O2S/c1-7-2-8(5-18(7)6-16)17-21(19,20)12-4-10(14)11(15)3-9(12)13/h3-4,7-8,17H,2,5H2,1H3. The molecule has 114 valence electrons. The van der Waals surface area contributed by atoms with Gasteiger partial charge in [-0.15, -0.1) is 0 Å². The Labute approximate surface area is 135 Å². The summed E-state index contributed by atoms with van der Waals surface area (Å²) in [6, 6.07) is 1.67. The van der Waals surface area contributed by atoms with E-state index in [-0.39, 0.29) is 26.5 Å². The molecule has 0 saturated carbocycles. The summed E-state index contributed by atoms with van der Waals surface area (Å²) in [5.41, 5.74) is 0. The third-order valence-electron chi connectivity index (χ3n) is 3.29. The summed E-state index contributed by atoms with van der Waals surface area (Å²) in [5.74, 6) is -0.701. The van der Waals surface area contributed by atoms with E-state index in [0.717, 1.165) is 12.1 Å². The average molecular weight is 397 g/mol. The molecule has 0 bridgehead atoms. The zero-order chi connectivity index (χ0) is 15.8. The van der Waals surface area contributed by atoms with E-state index in [2.05, 4.69) is 20.7 Å². The van der Waals surface area contributed by atoms with E-state index in [1.807, 2.05) is 13.1 Å². The van der Waals surface area contributed by atoms with E-state index >= 15 is 0 Å². The number of sulfonamides is 1. The molecule has 2 unspecified atom stereocenters. The van der Waals surface area contributed by atoms with Crippen LogP contribution in [0.15, 0.2) is 21.5 Å². The van der Waals surface area contributed by atoms with Crippen molar-refractivity contribution in [2.75, 3.05) is 6.54 Å². The molecule has 1 heterocycles. The monoisotopic (exact) mass is 395 g/mol. The fourth-order valence-electron chi connectivity index (χ4n) is 2.25. The highest BCUT2D eigenvalue weighted by atomic mass is 79.9. The number of nitrogens with one attached hydrogen (secondary N) is 1. The molecule has 1 aliphatic heterocycles. The van der Waals surface area contributed by atoms with Gasteiger partial charge in [0.05, 0.1) is 9.92 Å². The number of halogens is 3. The molecule has 0 spiro atoms. The Morgan fingerprint density at radius 3 is 2.81 bits per heavy atom. The van der Waals surface area contributed by atoms with Crippen molar-refractivity contribution in [1.29, 1.82) is 5.26 Å². The predicted molar refractivity (Wildman–Crippen MR) is 79.6 cm³/mol. The molecule has 1 fully saturated rings. The van der Waals surface area contributed by atoms with Crippen molar-refractivity contribution in [3.05, 3.63) is 27.4 Å². The third-order valence-corrected chi connectivity index (χ3v) is 6.06. The largest absolute Gasteiger partial charge is 0.306 e. The Balaban J connectivity index is 2.24. The van der Waals surface area contributed by atoms with Crippen LogP contribution in [-0.2, 0) is 10.0 Å². The summed E-state index contributed by atoms with van der Waals surface area (Å²) in [5, 5.41) is 8.65. The van der Waals surface area contributed by atoms with Crippen LogP contribution in [-0.4, -0.2) is 31.9 Å². The Morgan fingerprint density at radius 1 is 1.57 bits per heavy atom. The number of likely N-dealkylation sites (tertiary alicyclic amines) is 1. The van der Waals surface area contributed by atoms with E-state index in [4.69, 9.17) is 16.9 Å². The zero-order valence-electron chi connectivity index (χ0n) is 11.0. The van der Waals surface area contributed by atoms with Gasteiger partial charge in [-0.05, 0) is 41.4 Å². The topological polar surface area (TPSA) is 73.2 Å². The lowest BCUT2D eigenvalue weighted by molar-refractivity contribution is 0.386.